The molecule has 0 bridgehead atoms. The molecule has 1 N–H and O–H groups in total. The number of rotatable bonds is 4. The maximum absolute atomic E-state index is 3.17. The topological polar surface area (TPSA) is 17.0 Å². The van der Waals surface area contributed by atoms with E-state index >= 15 is 0 Å². The van der Waals surface area contributed by atoms with E-state index in [1.54, 1.807) is 0 Å². The minimum Gasteiger partial charge on any atom is -0.350 e. The second-order valence-corrected chi connectivity index (χ2v) is 4.72. The first kappa shape index (κ1) is 11.9. The van der Waals surface area contributed by atoms with E-state index in [2.05, 4.69) is 60.4 Å². The summed E-state index contributed by atoms with van der Waals surface area (Å²) in [6.45, 7) is 6.18. The van der Waals surface area contributed by atoms with Gasteiger partial charge in [-0.05, 0) is 38.1 Å². The lowest BCUT2D eigenvalue weighted by Gasteiger charge is -2.06. The predicted octanol–water partition coefficient (Wildman–Crippen LogP) is 2.87. The molecule has 0 aliphatic heterocycles. The fraction of sp³-hybridized carbons (Fsp3) is 0.333. The molecule has 2 rings (SSSR count). The number of benzene rings is 1. The van der Waals surface area contributed by atoms with Crippen LogP contribution in [0.5, 0.6) is 0 Å². The van der Waals surface area contributed by atoms with Gasteiger partial charge in [-0.25, -0.2) is 0 Å². The van der Waals surface area contributed by atoms with Crippen molar-refractivity contribution in [1.29, 1.82) is 0 Å². The van der Waals surface area contributed by atoms with E-state index in [9.17, 15) is 0 Å². The molecule has 0 spiro atoms. The molecule has 0 unspecified atom stereocenters. The average molecular weight is 228 g/mol. The summed E-state index contributed by atoms with van der Waals surface area (Å²) < 4.78 is 2.24. The van der Waals surface area contributed by atoms with Gasteiger partial charge >= 0.3 is 0 Å². The smallest absolute Gasteiger partial charge is 0.0470 e. The summed E-state index contributed by atoms with van der Waals surface area (Å²) in [5, 5.41) is 3.17. The number of hydrogen-bond acceptors (Lipinski definition) is 1. The van der Waals surface area contributed by atoms with Crippen LogP contribution < -0.4 is 5.32 Å². The van der Waals surface area contributed by atoms with Crippen LogP contribution in [0.1, 0.15) is 22.3 Å². The molecule has 1 aromatic heterocycles. The molecular formula is C15H20N2. The number of hydrogen-bond donors (Lipinski definition) is 1. The van der Waals surface area contributed by atoms with Gasteiger partial charge in [-0.1, -0.05) is 29.3 Å². The van der Waals surface area contributed by atoms with Crippen molar-refractivity contribution < 1.29 is 0 Å². The summed E-state index contributed by atoms with van der Waals surface area (Å²) in [7, 11) is 1.97. The van der Waals surface area contributed by atoms with Gasteiger partial charge in [0.25, 0.3) is 0 Å². The monoisotopic (exact) mass is 228 g/mol. The van der Waals surface area contributed by atoms with Gasteiger partial charge in [0.05, 0.1) is 0 Å². The first-order valence-corrected chi connectivity index (χ1v) is 6.04. The Morgan fingerprint density at radius 2 is 1.76 bits per heavy atom. The standard InChI is InChI=1S/C15H20N2/c1-12-6-13(2)8-15(7-12)11-17-5-4-14(10-17)9-16-3/h4-8,10,16H,9,11H2,1-3H3. The zero-order valence-electron chi connectivity index (χ0n) is 10.8. The van der Waals surface area contributed by atoms with Crippen molar-refractivity contribution in [1.82, 2.24) is 9.88 Å². The molecule has 17 heavy (non-hydrogen) atoms. The Morgan fingerprint density at radius 1 is 1.06 bits per heavy atom. The van der Waals surface area contributed by atoms with Crippen LogP contribution in [0.25, 0.3) is 0 Å². The molecule has 2 aromatic rings. The average Bonchev–Trinajstić information content (AvgIpc) is 2.64. The van der Waals surface area contributed by atoms with Crippen molar-refractivity contribution >= 4 is 0 Å². The van der Waals surface area contributed by atoms with Crippen LogP contribution in [0.2, 0.25) is 0 Å². The fourth-order valence-corrected chi connectivity index (χ4v) is 2.27. The second kappa shape index (κ2) is 5.19. The van der Waals surface area contributed by atoms with E-state index in [1.807, 2.05) is 7.05 Å². The number of nitrogens with zero attached hydrogens (tertiary/aromatic N) is 1. The van der Waals surface area contributed by atoms with E-state index in [1.165, 1.54) is 22.3 Å². The van der Waals surface area contributed by atoms with Crippen LogP contribution in [0.3, 0.4) is 0 Å². The van der Waals surface area contributed by atoms with E-state index in [-0.39, 0.29) is 0 Å². The molecule has 2 heteroatoms. The zero-order valence-corrected chi connectivity index (χ0v) is 10.8. The van der Waals surface area contributed by atoms with Crippen LogP contribution in [0, 0.1) is 13.8 Å². The highest BCUT2D eigenvalue weighted by Crippen LogP contribution is 2.11. The van der Waals surface area contributed by atoms with Gasteiger partial charge in [-0.2, -0.15) is 0 Å². The summed E-state index contributed by atoms with van der Waals surface area (Å²) >= 11 is 0. The number of nitrogens with one attached hydrogen (secondary N) is 1. The van der Waals surface area contributed by atoms with E-state index in [0.717, 1.165) is 13.1 Å². The highest BCUT2D eigenvalue weighted by molar-refractivity contribution is 5.29. The minimum absolute atomic E-state index is 0.930. The Kier molecular flexibility index (Phi) is 3.64. The molecule has 1 aromatic carbocycles. The van der Waals surface area contributed by atoms with Crippen molar-refractivity contribution in [3.05, 3.63) is 58.9 Å². The summed E-state index contributed by atoms with van der Waals surface area (Å²) in [6.07, 6.45) is 4.35. The molecule has 0 saturated heterocycles. The molecule has 2 nitrogen and oxygen atoms in total. The van der Waals surface area contributed by atoms with Gasteiger partial charge in [0, 0.05) is 25.5 Å². The van der Waals surface area contributed by atoms with Crippen molar-refractivity contribution in [3.8, 4) is 0 Å². The number of aryl methyl sites for hydroxylation is 2. The van der Waals surface area contributed by atoms with Gasteiger partial charge in [0.1, 0.15) is 0 Å². The fourth-order valence-electron chi connectivity index (χ4n) is 2.27. The summed E-state index contributed by atoms with van der Waals surface area (Å²) in [6, 6.07) is 8.89. The molecule has 0 amide bonds. The summed E-state index contributed by atoms with van der Waals surface area (Å²) in [5.41, 5.74) is 5.37. The third-order valence-corrected chi connectivity index (χ3v) is 2.84. The van der Waals surface area contributed by atoms with Crippen LogP contribution in [-0.4, -0.2) is 11.6 Å². The SMILES string of the molecule is CNCc1ccn(Cc2cc(C)cc(C)c2)c1. The lowest BCUT2D eigenvalue weighted by Crippen LogP contribution is -2.04. The van der Waals surface area contributed by atoms with Crippen molar-refractivity contribution in [2.24, 2.45) is 0 Å². The third kappa shape index (κ3) is 3.21. The first-order valence-electron chi connectivity index (χ1n) is 6.04. The van der Waals surface area contributed by atoms with Crippen LogP contribution in [-0.2, 0) is 13.1 Å². The van der Waals surface area contributed by atoms with Gasteiger partial charge in [-0.15, -0.1) is 0 Å². The summed E-state index contributed by atoms with van der Waals surface area (Å²) in [5.74, 6) is 0. The van der Waals surface area contributed by atoms with E-state index in [0.29, 0.717) is 0 Å². The maximum atomic E-state index is 3.17. The Hall–Kier alpha value is -1.54. The summed E-state index contributed by atoms with van der Waals surface area (Å²) in [4.78, 5) is 0. The molecule has 0 saturated carbocycles. The van der Waals surface area contributed by atoms with Crippen molar-refractivity contribution in [2.75, 3.05) is 7.05 Å². The molecule has 0 radical (unpaired) electrons. The maximum Gasteiger partial charge on any atom is 0.0470 e. The first-order chi connectivity index (χ1) is 8.17. The third-order valence-electron chi connectivity index (χ3n) is 2.84. The normalized spacial score (nSPS) is 10.8. The molecule has 90 valence electrons. The Labute approximate surface area is 103 Å². The lowest BCUT2D eigenvalue weighted by atomic mass is 10.1. The van der Waals surface area contributed by atoms with Gasteiger partial charge < -0.3 is 9.88 Å². The predicted molar refractivity (Wildman–Crippen MR) is 72.2 cm³/mol. The van der Waals surface area contributed by atoms with Gasteiger partial charge in [-0.3, -0.25) is 0 Å². The van der Waals surface area contributed by atoms with Crippen LogP contribution >= 0.6 is 0 Å². The van der Waals surface area contributed by atoms with Gasteiger partial charge in [0.15, 0.2) is 0 Å². The van der Waals surface area contributed by atoms with Crippen molar-refractivity contribution in [2.45, 2.75) is 26.9 Å². The lowest BCUT2D eigenvalue weighted by molar-refractivity contribution is 0.782. The van der Waals surface area contributed by atoms with Crippen LogP contribution in [0.15, 0.2) is 36.7 Å². The molecular weight excluding hydrogens is 208 g/mol. The second-order valence-electron chi connectivity index (χ2n) is 4.72. The highest BCUT2D eigenvalue weighted by Gasteiger charge is 1.99. The van der Waals surface area contributed by atoms with Gasteiger partial charge in [0.2, 0.25) is 0 Å². The minimum atomic E-state index is 0.930. The number of aromatic nitrogens is 1. The van der Waals surface area contributed by atoms with Crippen molar-refractivity contribution in [3.63, 3.8) is 0 Å². The van der Waals surface area contributed by atoms with E-state index in [4.69, 9.17) is 0 Å². The molecule has 0 aliphatic carbocycles. The molecule has 1 heterocycles. The molecule has 0 atom stereocenters. The molecule has 0 fully saturated rings. The van der Waals surface area contributed by atoms with Crippen LogP contribution in [0.4, 0.5) is 0 Å². The zero-order chi connectivity index (χ0) is 12.3. The van der Waals surface area contributed by atoms with E-state index < -0.39 is 0 Å². The molecule has 0 aliphatic rings. The highest BCUT2D eigenvalue weighted by atomic mass is 14.9. The Balaban J connectivity index is 2.13. The largest absolute Gasteiger partial charge is 0.350 e. The quantitative estimate of drug-likeness (QED) is 0.851. The Bertz CT molecular complexity index is 477. The Morgan fingerprint density at radius 3 is 2.41 bits per heavy atom.